The molecule has 4 aromatic rings. The van der Waals surface area contributed by atoms with Crippen LogP contribution in [0.5, 0.6) is 0 Å². The number of benzene rings is 3. The highest BCUT2D eigenvalue weighted by atomic mass is 32.2. The van der Waals surface area contributed by atoms with Gasteiger partial charge in [0, 0.05) is 21.8 Å². The van der Waals surface area contributed by atoms with Gasteiger partial charge in [0.1, 0.15) is 5.70 Å². The maximum atomic E-state index is 13.1. The van der Waals surface area contributed by atoms with Crippen molar-refractivity contribution in [1.82, 2.24) is 5.32 Å². The summed E-state index contributed by atoms with van der Waals surface area (Å²) in [4.78, 5) is 49.8. The first-order chi connectivity index (χ1) is 18.9. The molecule has 4 rings (SSSR count). The predicted octanol–water partition coefficient (Wildman–Crippen LogP) is 5.59. The molecule has 0 unspecified atom stereocenters. The Morgan fingerprint density at radius 2 is 1.46 bits per heavy atom. The van der Waals surface area contributed by atoms with E-state index in [0.29, 0.717) is 16.9 Å². The Morgan fingerprint density at radius 1 is 0.795 bits per heavy atom. The number of carboxylic acid groups (broad SMARTS) is 1. The number of hydrogen-bond donors (Lipinski definition) is 4. The van der Waals surface area contributed by atoms with Gasteiger partial charge in [0.25, 0.3) is 11.8 Å². The molecule has 4 N–H and O–H groups in total. The molecule has 0 spiro atoms. The fraction of sp³-hybridized carbons (Fsp3) is 0.0345. The molecule has 0 aliphatic rings. The molecule has 0 aliphatic heterocycles. The van der Waals surface area contributed by atoms with Gasteiger partial charge in [-0.2, -0.15) is 11.3 Å². The molecule has 3 amide bonds. The van der Waals surface area contributed by atoms with Crippen molar-refractivity contribution < 1.29 is 24.3 Å². The van der Waals surface area contributed by atoms with Crippen LogP contribution in [0.2, 0.25) is 0 Å². The molecule has 0 fully saturated rings. The third-order valence-corrected chi connectivity index (χ3v) is 6.99. The summed E-state index contributed by atoms with van der Waals surface area (Å²) < 4.78 is 0. The largest absolute Gasteiger partial charge is 0.478 e. The van der Waals surface area contributed by atoms with E-state index in [1.165, 1.54) is 47.4 Å². The van der Waals surface area contributed by atoms with Crippen molar-refractivity contribution in [3.8, 4) is 0 Å². The Kier molecular flexibility index (Phi) is 9.28. The Morgan fingerprint density at radius 3 is 2.10 bits per heavy atom. The van der Waals surface area contributed by atoms with E-state index in [2.05, 4.69) is 16.0 Å². The lowest BCUT2D eigenvalue weighted by Crippen LogP contribution is -2.30. The molecular weight excluding hydrogens is 534 g/mol. The Hall–Kier alpha value is -4.67. The minimum Gasteiger partial charge on any atom is -0.478 e. The number of carbonyl (C=O) groups excluding carboxylic acids is 3. The molecule has 1 aromatic heterocycles. The monoisotopic (exact) mass is 557 g/mol. The summed E-state index contributed by atoms with van der Waals surface area (Å²) in [6.07, 6.45) is 1.62. The van der Waals surface area contributed by atoms with E-state index in [4.69, 9.17) is 5.11 Å². The zero-order valence-corrected chi connectivity index (χ0v) is 22.1. The molecule has 3 aromatic carbocycles. The smallest absolute Gasteiger partial charge is 0.335 e. The highest BCUT2D eigenvalue weighted by molar-refractivity contribution is 8.00. The summed E-state index contributed by atoms with van der Waals surface area (Å²) in [7, 11) is 0. The number of amides is 3. The summed E-state index contributed by atoms with van der Waals surface area (Å²) in [5.41, 5.74) is 2.51. The van der Waals surface area contributed by atoms with Crippen LogP contribution in [0.4, 0.5) is 11.4 Å². The molecule has 0 radical (unpaired) electrons. The van der Waals surface area contributed by atoms with E-state index in [0.717, 1.165) is 10.5 Å². The van der Waals surface area contributed by atoms with E-state index < -0.39 is 17.8 Å². The number of carboxylic acids is 1. The average Bonchev–Trinajstić information content (AvgIpc) is 3.46. The third kappa shape index (κ3) is 8.16. The predicted molar refractivity (Wildman–Crippen MR) is 154 cm³/mol. The van der Waals surface area contributed by atoms with Crippen LogP contribution in [0.25, 0.3) is 6.08 Å². The standard InChI is InChI=1S/C29H23N3O5S2/c33-26(30-22-8-6-21(7-9-22)29(36)37)18-39-24-12-10-23(11-13-24)31-28(35)25(16-19-14-15-38-17-19)32-27(34)20-4-2-1-3-5-20/h1-17H,18H2,(H,30,33)(H,31,35)(H,32,34)(H,36,37)/b25-16-. The fourth-order valence-electron chi connectivity index (χ4n) is 3.34. The minimum atomic E-state index is -1.03. The normalized spacial score (nSPS) is 10.9. The van der Waals surface area contributed by atoms with Gasteiger partial charge < -0.3 is 21.1 Å². The quantitative estimate of drug-likeness (QED) is 0.149. The molecule has 0 saturated heterocycles. The van der Waals surface area contributed by atoms with E-state index in [9.17, 15) is 19.2 Å². The number of anilines is 2. The molecule has 196 valence electrons. The highest BCUT2D eigenvalue weighted by Gasteiger charge is 2.15. The second-order valence-corrected chi connectivity index (χ2v) is 9.96. The average molecular weight is 558 g/mol. The zero-order chi connectivity index (χ0) is 27.6. The van der Waals surface area contributed by atoms with Crippen LogP contribution in [-0.4, -0.2) is 34.6 Å². The molecule has 10 heteroatoms. The summed E-state index contributed by atoms with van der Waals surface area (Å²) in [5, 5.41) is 20.9. The highest BCUT2D eigenvalue weighted by Crippen LogP contribution is 2.21. The molecule has 0 saturated carbocycles. The summed E-state index contributed by atoms with van der Waals surface area (Å²) in [6.45, 7) is 0. The topological polar surface area (TPSA) is 125 Å². The molecule has 0 atom stereocenters. The fourth-order valence-corrected chi connectivity index (χ4v) is 4.66. The van der Waals surface area contributed by atoms with Gasteiger partial charge in [0.2, 0.25) is 5.91 Å². The molecule has 8 nitrogen and oxygen atoms in total. The van der Waals surface area contributed by atoms with Gasteiger partial charge in [0.15, 0.2) is 0 Å². The van der Waals surface area contributed by atoms with Crippen LogP contribution >= 0.6 is 23.1 Å². The van der Waals surface area contributed by atoms with Crippen LogP contribution in [0.15, 0.2) is 106 Å². The molecule has 39 heavy (non-hydrogen) atoms. The second kappa shape index (κ2) is 13.2. The molecule has 1 heterocycles. The number of nitrogens with one attached hydrogen (secondary N) is 3. The lowest BCUT2D eigenvalue weighted by molar-refractivity contribution is -0.114. The minimum absolute atomic E-state index is 0.105. The van der Waals surface area contributed by atoms with Gasteiger partial charge in [0.05, 0.1) is 11.3 Å². The van der Waals surface area contributed by atoms with E-state index in [-0.39, 0.29) is 22.9 Å². The molecule has 0 bridgehead atoms. The molecule has 0 aliphatic carbocycles. The first-order valence-electron chi connectivity index (χ1n) is 11.6. The summed E-state index contributed by atoms with van der Waals surface area (Å²) in [5.74, 6) is -1.99. The second-order valence-electron chi connectivity index (χ2n) is 8.13. The van der Waals surface area contributed by atoms with Crippen molar-refractivity contribution in [2.24, 2.45) is 0 Å². The van der Waals surface area contributed by atoms with Gasteiger partial charge >= 0.3 is 5.97 Å². The van der Waals surface area contributed by atoms with Crippen molar-refractivity contribution in [3.63, 3.8) is 0 Å². The van der Waals surface area contributed by atoms with E-state index >= 15 is 0 Å². The van der Waals surface area contributed by atoms with Gasteiger partial charge in [-0.1, -0.05) is 18.2 Å². The number of thioether (sulfide) groups is 1. The maximum absolute atomic E-state index is 13.1. The third-order valence-electron chi connectivity index (χ3n) is 5.28. The number of rotatable bonds is 10. The van der Waals surface area contributed by atoms with Crippen LogP contribution in [0.1, 0.15) is 26.3 Å². The van der Waals surface area contributed by atoms with Crippen molar-refractivity contribution in [2.45, 2.75) is 4.90 Å². The number of thiophene rings is 1. The summed E-state index contributed by atoms with van der Waals surface area (Å²) >= 11 is 2.79. The van der Waals surface area contributed by atoms with E-state index in [1.54, 1.807) is 54.6 Å². The maximum Gasteiger partial charge on any atom is 0.335 e. The number of carbonyl (C=O) groups is 4. The van der Waals surface area contributed by atoms with Crippen LogP contribution in [0, 0.1) is 0 Å². The lowest BCUT2D eigenvalue weighted by Gasteiger charge is -2.11. The zero-order valence-electron chi connectivity index (χ0n) is 20.4. The Bertz CT molecular complexity index is 1480. The van der Waals surface area contributed by atoms with Crippen molar-refractivity contribution in [1.29, 1.82) is 0 Å². The van der Waals surface area contributed by atoms with Crippen molar-refractivity contribution >= 4 is 64.2 Å². The SMILES string of the molecule is O=C(CSc1ccc(NC(=O)/C(=C/c2ccsc2)NC(=O)c2ccccc2)cc1)Nc1ccc(C(=O)O)cc1. The van der Waals surface area contributed by atoms with Gasteiger partial charge in [-0.3, -0.25) is 14.4 Å². The van der Waals surface area contributed by atoms with Crippen molar-refractivity contribution in [3.05, 3.63) is 118 Å². The Labute approximate surface area is 232 Å². The van der Waals surface area contributed by atoms with E-state index in [1.807, 2.05) is 22.9 Å². The van der Waals surface area contributed by atoms with Gasteiger partial charge in [-0.25, -0.2) is 4.79 Å². The Balaban J connectivity index is 1.34. The van der Waals surface area contributed by atoms with Gasteiger partial charge in [-0.05, 0) is 89.1 Å². The summed E-state index contributed by atoms with van der Waals surface area (Å²) in [6, 6.07) is 23.4. The van der Waals surface area contributed by atoms with Gasteiger partial charge in [-0.15, -0.1) is 11.8 Å². The number of hydrogen-bond acceptors (Lipinski definition) is 6. The first-order valence-corrected chi connectivity index (χ1v) is 13.6. The van der Waals surface area contributed by atoms with Crippen LogP contribution in [0.3, 0.4) is 0 Å². The first kappa shape index (κ1) is 27.4. The van der Waals surface area contributed by atoms with Crippen LogP contribution in [-0.2, 0) is 9.59 Å². The van der Waals surface area contributed by atoms with Crippen LogP contribution < -0.4 is 16.0 Å². The van der Waals surface area contributed by atoms with Crippen molar-refractivity contribution in [2.75, 3.05) is 16.4 Å². The number of aromatic carboxylic acids is 1. The molecular formula is C29H23N3O5S2. The lowest BCUT2D eigenvalue weighted by atomic mass is 10.2.